The quantitative estimate of drug-likeness (QED) is 0.248. The van der Waals surface area contributed by atoms with Crippen LogP contribution in [0.2, 0.25) is 0 Å². The van der Waals surface area contributed by atoms with Crippen molar-refractivity contribution >= 4 is 0 Å². The maximum absolute atomic E-state index is 13.0. The highest BCUT2D eigenvalue weighted by Gasteiger charge is 2.58. The molecule has 0 radical (unpaired) electrons. The van der Waals surface area contributed by atoms with Gasteiger partial charge in [-0.05, 0) is 55.6 Å². The summed E-state index contributed by atoms with van der Waals surface area (Å²) in [4.78, 5) is 0. The Morgan fingerprint density at radius 2 is 0.600 bits per heavy atom. The summed E-state index contributed by atoms with van der Waals surface area (Å²) in [5.41, 5.74) is 5.24. The van der Waals surface area contributed by atoms with Crippen LogP contribution >= 0.6 is 0 Å². The predicted molar refractivity (Wildman–Crippen MR) is 162 cm³/mol. The van der Waals surface area contributed by atoms with Crippen LogP contribution in [0.4, 0.5) is 0 Å². The summed E-state index contributed by atoms with van der Waals surface area (Å²) >= 11 is 0. The van der Waals surface area contributed by atoms with Crippen LogP contribution in [0.25, 0.3) is 33.4 Å². The van der Waals surface area contributed by atoms with Crippen molar-refractivity contribution in [2.45, 2.75) is 11.2 Å². The van der Waals surface area contributed by atoms with Crippen LogP contribution in [0.3, 0.4) is 0 Å². The van der Waals surface area contributed by atoms with Gasteiger partial charge in [-0.2, -0.15) is 0 Å². The van der Waals surface area contributed by atoms with Crippen LogP contribution in [0.1, 0.15) is 22.3 Å². The van der Waals surface area contributed by atoms with Crippen molar-refractivity contribution in [3.05, 3.63) is 180 Å². The van der Waals surface area contributed by atoms with E-state index < -0.39 is 11.2 Å². The van der Waals surface area contributed by atoms with Gasteiger partial charge in [0.25, 0.3) is 0 Å². The molecule has 1 aliphatic carbocycles. The Hall–Kier alpha value is -4.76. The molecular formula is C38H28O2. The molecule has 40 heavy (non-hydrogen) atoms. The fraction of sp³-hybridized carbons (Fsp3) is 0.0526. The van der Waals surface area contributed by atoms with Gasteiger partial charge in [0.1, 0.15) is 0 Å². The van der Waals surface area contributed by atoms with Crippen LogP contribution < -0.4 is 0 Å². The van der Waals surface area contributed by atoms with Gasteiger partial charge in [-0.1, -0.05) is 158 Å². The lowest BCUT2D eigenvalue weighted by Gasteiger charge is -2.49. The maximum atomic E-state index is 13.0. The molecule has 2 heteroatoms. The lowest BCUT2D eigenvalue weighted by Crippen LogP contribution is -2.53. The lowest BCUT2D eigenvalue weighted by molar-refractivity contribution is -0.114. The van der Waals surface area contributed by atoms with Gasteiger partial charge in [0.05, 0.1) is 0 Å². The largest absolute Gasteiger partial charge is 0.377 e. The Labute approximate surface area is 234 Å². The minimum atomic E-state index is -1.75. The summed E-state index contributed by atoms with van der Waals surface area (Å²) in [7, 11) is 0. The molecule has 2 N–H and O–H groups in total. The maximum Gasteiger partial charge on any atom is 0.152 e. The average Bonchev–Trinajstić information content (AvgIpc) is 3.04. The molecule has 6 aromatic rings. The third-order valence-corrected chi connectivity index (χ3v) is 8.27. The highest BCUT2D eigenvalue weighted by molar-refractivity contribution is 5.80. The van der Waals surface area contributed by atoms with Crippen molar-refractivity contribution in [1.82, 2.24) is 0 Å². The third-order valence-electron chi connectivity index (χ3n) is 8.27. The van der Waals surface area contributed by atoms with E-state index in [9.17, 15) is 10.2 Å². The number of hydrogen-bond acceptors (Lipinski definition) is 2. The number of fused-ring (bicyclic) bond motifs is 3. The van der Waals surface area contributed by atoms with E-state index in [1.165, 1.54) is 0 Å². The molecule has 0 saturated carbocycles. The normalized spacial score (nSPS) is 19.4. The molecule has 192 valence electrons. The van der Waals surface area contributed by atoms with E-state index in [0.717, 1.165) is 33.4 Å². The van der Waals surface area contributed by atoms with Gasteiger partial charge in [0, 0.05) is 0 Å². The monoisotopic (exact) mass is 516 g/mol. The van der Waals surface area contributed by atoms with Crippen LogP contribution in [0.15, 0.2) is 158 Å². The van der Waals surface area contributed by atoms with E-state index >= 15 is 0 Å². The van der Waals surface area contributed by atoms with Gasteiger partial charge in [0.15, 0.2) is 11.2 Å². The predicted octanol–water partition coefficient (Wildman–Crippen LogP) is 8.17. The highest BCUT2D eigenvalue weighted by Crippen LogP contribution is 2.57. The van der Waals surface area contributed by atoms with E-state index in [0.29, 0.717) is 22.3 Å². The van der Waals surface area contributed by atoms with Gasteiger partial charge >= 0.3 is 0 Å². The summed E-state index contributed by atoms with van der Waals surface area (Å²) in [6, 6.07) is 51.9. The van der Waals surface area contributed by atoms with Crippen molar-refractivity contribution in [2.24, 2.45) is 0 Å². The molecule has 1 aliphatic rings. The average molecular weight is 517 g/mol. The SMILES string of the molecule is O[C@]1(c2ccc(-c3ccccc3)cc2)c2ccccc2-c2ccccc2[C@@]1(O)c1ccc(-c2ccccc2)cc1. The Kier molecular flexibility index (Phi) is 5.74. The van der Waals surface area contributed by atoms with Crippen molar-refractivity contribution in [3.8, 4) is 33.4 Å². The van der Waals surface area contributed by atoms with E-state index in [1.54, 1.807) is 0 Å². The Morgan fingerprint density at radius 3 is 0.975 bits per heavy atom. The number of aliphatic hydroxyl groups is 2. The zero-order valence-electron chi connectivity index (χ0n) is 21.9. The first-order chi connectivity index (χ1) is 19.6. The van der Waals surface area contributed by atoms with Gasteiger partial charge in [-0.15, -0.1) is 0 Å². The van der Waals surface area contributed by atoms with Gasteiger partial charge in [-0.25, -0.2) is 0 Å². The minimum absolute atomic E-state index is 0.628. The van der Waals surface area contributed by atoms with Crippen LogP contribution in [-0.2, 0) is 11.2 Å². The first-order valence-corrected chi connectivity index (χ1v) is 13.6. The number of rotatable bonds is 4. The highest BCUT2D eigenvalue weighted by atomic mass is 16.4. The summed E-state index contributed by atoms with van der Waals surface area (Å²) in [5, 5.41) is 26.0. The first kappa shape index (κ1) is 24.3. The second-order valence-electron chi connectivity index (χ2n) is 10.4. The number of hydrogen-bond donors (Lipinski definition) is 2. The summed E-state index contributed by atoms with van der Waals surface area (Å²) < 4.78 is 0. The number of benzene rings is 6. The van der Waals surface area contributed by atoms with Gasteiger partial charge in [0.2, 0.25) is 0 Å². The van der Waals surface area contributed by atoms with Crippen molar-refractivity contribution in [1.29, 1.82) is 0 Å². The minimum Gasteiger partial charge on any atom is -0.377 e. The van der Waals surface area contributed by atoms with Crippen molar-refractivity contribution < 1.29 is 10.2 Å². The second kappa shape index (κ2) is 9.46. The molecule has 0 bridgehead atoms. The third kappa shape index (κ3) is 3.58. The van der Waals surface area contributed by atoms with E-state index in [-0.39, 0.29) is 0 Å². The van der Waals surface area contributed by atoms with Gasteiger partial charge < -0.3 is 10.2 Å². The van der Waals surface area contributed by atoms with Crippen molar-refractivity contribution in [2.75, 3.05) is 0 Å². The first-order valence-electron chi connectivity index (χ1n) is 13.6. The molecule has 0 unspecified atom stereocenters. The molecule has 0 saturated heterocycles. The molecule has 0 heterocycles. The Bertz CT molecular complexity index is 1660. The fourth-order valence-corrected chi connectivity index (χ4v) is 6.25. The van der Waals surface area contributed by atoms with Crippen LogP contribution in [0.5, 0.6) is 0 Å². The van der Waals surface area contributed by atoms with Crippen LogP contribution in [0, 0.1) is 0 Å². The fourth-order valence-electron chi connectivity index (χ4n) is 6.25. The standard InChI is InChI=1S/C38H28O2/c39-37(31-23-19-29(20-24-31)27-11-3-1-4-12-27)35-17-9-7-15-33(35)34-16-8-10-18-36(34)38(37,40)32-25-21-30(22-26-32)28-13-5-2-6-14-28/h1-26,39-40H/t37-,38+. The molecule has 0 aliphatic heterocycles. The lowest BCUT2D eigenvalue weighted by atomic mass is 9.60. The molecule has 0 aromatic heterocycles. The smallest absolute Gasteiger partial charge is 0.152 e. The molecular weight excluding hydrogens is 488 g/mol. The van der Waals surface area contributed by atoms with Crippen LogP contribution in [-0.4, -0.2) is 10.2 Å². The second-order valence-corrected chi connectivity index (χ2v) is 10.4. The summed E-state index contributed by atoms with van der Waals surface area (Å²) in [6.07, 6.45) is 0. The molecule has 2 atom stereocenters. The Morgan fingerprint density at radius 1 is 0.300 bits per heavy atom. The van der Waals surface area contributed by atoms with Crippen molar-refractivity contribution in [3.63, 3.8) is 0 Å². The molecule has 0 fully saturated rings. The topological polar surface area (TPSA) is 40.5 Å². The Balaban J connectivity index is 1.46. The molecule has 2 nitrogen and oxygen atoms in total. The molecule has 0 amide bonds. The summed E-state index contributed by atoms with van der Waals surface area (Å²) in [6.45, 7) is 0. The summed E-state index contributed by atoms with van der Waals surface area (Å²) in [5.74, 6) is 0. The zero-order chi connectivity index (χ0) is 27.2. The molecule has 7 rings (SSSR count). The van der Waals surface area contributed by atoms with E-state index in [2.05, 4.69) is 24.3 Å². The van der Waals surface area contributed by atoms with Gasteiger partial charge in [-0.3, -0.25) is 0 Å². The molecule has 6 aromatic carbocycles. The van der Waals surface area contributed by atoms with E-state index in [4.69, 9.17) is 0 Å². The zero-order valence-corrected chi connectivity index (χ0v) is 21.9. The van der Waals surface area contributed by atoms with E-state index in [1.807, 2.05) is 133 Å². The molecule has 0 spiro atoms.